The van der Waals surface area contributed by atoms with Crippen LogP contribution in [0.15, 0.2) is 24.5 Å². The van der Waals surface area contributed by atoms with E-state index in [1.54, 1.807) is 12.3 Å². The second-order valence-electron chi connectivity index (χ2n) is 2.90. The highest BCUT2D eigenvalue weighted by atomic mass is 32.1. The first-order valence-corrected chi connectivity index (χ1v) is 5.27. The molecule has 2 heterocycles. The fourth-order valence-corrected chi connectivity index (χ4v) is 1.70. The first-order valence-electron chi connectivity index (χ1n) is 4.45. The predicted molar refractivity (Wildman–Crippen MR) is 58.4 cm³/mol. The SMILES string of the molecule is O=C(O)c1cnc(NCc2cccnn2)s1. The van der Waals surface area contributed by atoms with Crippen LogP contribution in [0.25, 0.3) is 0 Å². The maximum Gasteiger partial charge on any atom is 0.347 e. The first kappa shape index (κ1) is 10.5. The van der Waals surface area contributed by atoms with E-state index in [1.165, 1.54) is 6.20 Å². The number of carboxylic acid groups (broad SMARTS) is 1. The van der Waals surface area contributed by atoms with Gasteiger partial charge in [-0.3, -0.25) is 0 Å². The van der Waals surface area contributed by atoms with E-state index in [-0.39, 0.29) is 4.88 Å². The highest BCUT2D eigenvalue weighted by Gasteiger charge is 2.07. The first-order chi connectivity index (χ1) is 7.75. The molecule has 0 fully saturated rings. The summed E-state index contributed by atoms with van der Waals surface area (Å²) in [5.74, 6) is -0.968. The molecule has 0 aromatic carbocycles. The molecule has 0 unspecified atom stereocenters. The number of hydrogen-bond donors (Lipinski definition) is 2. The Morgan fingerprint density at radius 2 is 2.44 bits per heavy atom. The molecule has 0 bridgehead atoms. The molecule has 7 heteroatoms. The standard InChI is InChI=1S/C9H8N4O2S/c14-8(15)7-5-11-9(16-7)10-4-6-2-1-3-12-13-6/h1-3,5H,4H2,(H,10,11)(H,14,15). The maximum absolute atomic E-state index is 10.6. The molecular weight excluding hydrogens is 228 g/mol. The third-order valence-corrected chi connectivity index (χ3v) is 2.71. The van der Waals surface area contributed by atoms with Gasteiger partial charge in [0.15, 0.2) is 5.13 Å². The Labute approximate surface area is 95.0 Å². The third kappa shape index (κ3) is 2.51. The zero-order chi connectivity index (χ0) is 11.4. The fraction of sp³-hybridized carbons (Fsp3) is 0.111. The van der Waals surface area contributed by atoms with Crippen LogP contribution in [0, 0.1) is 0 Å². The topological polar surface area (TPSA) is 88.0 Å². The lowest BCUT2D eigenvalue weighted by atomic mass is 10.4. The van der Waals surface area contributed by atoms with Crippen LogP contribution in [0.2, 0.25) is 0 Å². The Hall–Kier alpha value is -2.02. The molecule has 0 saturated heterocycles. The summed E-state index contributed by atoms with van der Waals surface area (Å²) in [6.07, 6.45) is 2.92. The van der Waals surface area contributed by atoms with Gasteiger partial charge in [-0.2, -0.15) is 10.2 Å². The molecule has 2 aromatic rings. The van der Waals surface area contributed by atoms with Gasteiger partial charge in [-0.15, -0.1) is 0 Å². The summed E-state index contributed by atoms with van der Waals surface area (Å²) in [5.41, 5.74) is 0.773. The predicted octanol–water partition coefficient (Wildman–Crippen LogP) is 1.24. The van der Waals surface area contributed by atoms with E-state index in [1.807, 2.05) is 6.07 Å². The number of hydrogen-bond acceptors (Lipinski definition) is 6. The van der Waals surface area contributed by atoms with E-state index in [0.29, 0.717) is 11.7 Å². The van der Waals surface area contributed by atoms with Crippen molar-refractivity contribution in [2.45, 2.75) is 6.54 Å². The van der Waals surface area contributed by atoms with Crippen molar-refractivity contribution in [1.29, 1.82) is 0 Å². The summed E-state index contributed by atoms with van der Waals surface area (Å²) < 4.78 is 0. The molecule has 2 aromatic heterocycles. The molecule has 2 N–H and O–H groups in total. The molecule has 0 aliphatic rings. The largest absolute Gasteiger partial charge is 0.477 e. The lowest BCUT2D eigenvalue weighted by Crippen LogP contribution is -2.01. The monoisotopic (exact) mass is 236 g/mol. The minimum Gasteiger partial charge on any atom is -0.477 e. The third-order valence-electron chi connectivity index (χ3n) is 1.76. The van der Waals surface area contributed by atoms with E-state index in [2.05, 4.69) is 20.5 Å². The summed E-state index contributed by atoms with van der Waals surface area (Å²) in [4.78, 5) is 14.7. The number of nitrogens with zero attached hydrogens (tertiary/aromatic N) is 3. The molecule has 6 nitrogen and oxygen atoms in total. The molecule has 2 rings (SSSR count). The Balaban J connectivity index is 1.97. The number of nitrogens with one attached hydrogen (secondary N) is 1. The molecule has 82 valence electrons. The Morgan fingerprint density at radius 3 is 3.06 bits per heavy atom. The molecule has 0 aliphatic heterocycles. The normalized spacial score (nSPS) is 10.0. The van der Waals surface area contributed by atoms with Crippen molar-refractivity contribution >= 4 is 22.4 Å². The number of carboxylic acids is 1. The number of aromatic nitrogens is 3. The minimum absolute atomic E-state index is 0.210. The number of aromatic carboxylic acids is 1. The van der Waals surface area contributed by atoms with Crippen LogP contribution >= 0.6 is 11.3 Å². The average molecular weight is 236 g/mol. The lowest BCUT2D eigenvalue weighted by molar-refractivity contribution is 0.0702. The van der Waals surface area contributed by atoms with Crippen molar-refractivity contribution in [2.75, 3.05) is 5.32 Å². The van der Waals surface area contributed by atoms with Crippen molar-refractivity contribution < 1.29 is 9.90 Å². The smallest absolute Gasteiger partial charge is 0.347 e. The van der Waals surface area contributed by atoms with Crippen molar-refractivity contribution in [2.24, 2.45) is 0 Å². The zero-order valence-corrected chi connectivity index (χ0v) is 8.94. The van der Waals surface area contributed by atoms with Crippen molar-refractivity contribution in [3.63, 3.8) is 0 Å². The van der Waals surface area contributed by atoms with E-state index in [9.17, 15) is 4.79 Å². The average Bonchev–Trinajstić information content (AvgIpc) is 2.76. The summed E-state index contributed by atoms with van der Waals surface area (Å²) in [7, 11) is 0. The molecule has 0 amide bonds. The van der Waals surface area contributed by atoms with Gasteiger partial charge in [0.05, 0.1) is 18.4 Å². The summed E-state index contributed by atoms with van der Waals surface area (Å²) in [5, 5.41) is 19.9. The minimum atomic E-state index is -0.968. The van der Waals surface area contributed by atoms with Crippen molar-refractivity contribution in [3.8, 4) is 0 Å². The highest BCUT2D eigenvalue weighted by Crippen LogP contribution is 2.18. The van der Waals surface area contributed by atoms with Gasteiger partial charge in [-0.05, 0) is 12.1 Å². The van der Waals surface area contributed by atoms with E-state index >= 15 is 0 Å². The molecular formula is C9H8N4O2S. The van der Waals surface area contributed by atoms with Crippen molar-refractivity contribution in [1.82, 2.24) is 15.2 Å². The van der Waals surface area contributed by atoms with Crippen LogP contribution in [-0.4, -0.2) is 26.3 Å². The highest BCUT2D eigenvalue weighted by molar-refractivity contribution is 7.17. The van der Waals surface area contributed by atoms with Crippen molar-refractivity contribution in [3.05, 3.63) is 35.1 Å². The van der Waals surface area contributed by atoms with Gasteiger partial charge < -0.3 is 10.4 Å². The molecule has 0 saturated carbocycles. The fourth-order valence-electron chi connectivity index (χ4n) is 1.05. The molecule has 0 spiro atoms. The van der Waals surface area contributed by atoms with Crippen LogP contribution in [0.1, 0.15) is 15.4 Å². The van der Waals surface area contributed by atoms with Gasteiger partial charge in [-0.1, -0.05) is 11.3 Å². The molecule has 0 radical (unpaired) electrons. The lowest BCUT2D eigenvalue weighted by Gasteiger charge is -1.99. The number of rotatable bonds is 4. The Bertz CT molecular complexity index is 485. The molecule has 0 aliphatic carbocycles. The van der Waals surface area contributed by atoms with Gasteiger partial charge in [0.2, 0.25) is 0 Å². The quantitative estimate of drug-likeness (QED) is 0.830. The second kappa shape index (κ2) is 4.67. The van der Waals surface area contributed by atoms with Crippen LogP contribution in [0.4, 0.5) is 5.13 Å². The maximum atomic E-state index is 10.6. The van der Waals surface area contributed by atoms with E-state index in [4.69, 9.17) is 5.11 Å². The van der Waals surface area contributed by atoms with Gasteiger partial charge >= 0.3 is 5.97 Å². The van der Waals surface area contributed by atoms with E-state index < -0.39 is 5.97 Å². The second-order valence-corrected chi connectivity index (χ2v) is 3.93. The summed E-state index contributed by atoms with van der Waals surface area (Å²) in [6.45, 7) is 0.473. The molecule has 0 atom stereocenters. The van der Waals surface area contributed by atoms with E-state index in [0.717, 1.165) is 17.0 Å². The van der Waals surface area contributed by atoms with Gasteiger partial charge in [0.1, 0.15) is 4.88 Å². The Kier molecular flexibility index (Phi) is 3.06. The summed E-state index contributed by atoms with van der Waals surface area (Å²) in [6, 6.07) is 3.61. The van der Waals surface area contributed by atoms with Crippen LogP contribution in [0.5, 0.6) is 0 Å². The number of thiazole rings is 1. The number of anilines is 1. The molecule has 16 heavy (non-hydrogen) atoms. The van der Waals surface area contributed by atoms with Crippen LogP contribution < -0.4 is 5.32 Å². The van der Waals surface area contributed by atoms with Gasteiger partial charge in [-0.25, -0.2) is 9.78 Å². The zero-order valence-electron chi connectivity index (χ0n) is 8.12. The summed E-state index contributed by atoms with van der Waals surface area (Å²) >= 11 is 1.09. The van der Waals surface area contributed by atoms with Gasteiger partial charge in [0, 0.05) is 6.20 Å². The van der Waals surface area contributed by atoms with Crippen LogP contribution in [0.3, 0.4) is 0 Å². The number of carbonyl (C=O) groups is 1. The Morgan fingerprint density at radius 1 is 1.56 bits per heavy atom. The van der Waals surface area contributed by atoms with Crippen LogP contribution in [-0.2, 0) is 6.54 Å². The van der Waals surface area contributed by atoms with Gasteiger partial charge in [0.25, 0.3) is 0 Å².